The number of ether oxygens (including phenoxy) is 1. The highest BCUT2D eigenvalue weighted by Gasteiger charge is 2.33. The molecule has 0 amide bonds. The molecule has 0 aromatic heterocycles. The number of carbonyl (C=O) groups excluding carboxylic acids is 1. The van der Waals surface area contributed by atoms with Gasteiger partial charge in [-0.05, 0) is 33.1 Å². The Bertz CT molecular complexity index is 200. The Morgan fingerprint density at radius 2 is 2.21 bits per heavy atom. The van der Waals surface area contributed by atoms with E-state index in [0.717, 1.165) is 19.3 Å². The summed E-state index contributed by atoms with van der Waals surface area (Å²) >= 11 is 0. The van der Waals surface area contributed by atoms with Gasteiger partial charge >= 0.3 is 5.97 Å². The summed E-state index contributed by atoms with van der Waals surface area (Å²) in [6.07, 6.45) is 2.67. The fraction of sp³-hybridized carbons (Fsp3) is 0.900. The molecule has 0 spiro atoms. The summed E-state index contributed by atoms with van der Waals surface area (Å²) in [6, 6.07) is 0. The lowest BCUT2D eigenvalue weighted by Crippen LogP contribution is -2.47. The Morgan fingerprint density at radius 1 is 1.57 bits per heavy atom. The Kier molecular flexibility index (Phi) is 3.89. The lowest BCUT2D eigenvalue weighted by atomic mass is 9.80. The maximum atomic E-state index is 11.1. The van der Waals surface area contributed by atoms with E-state index in [4.69, 9.17) is 4.74 Å². The molecule has 0 radical (unpaired) electrons. The number of nitrogens with one attached hydrogen (secondary N) is 1. The van der Waals surface area contributed by atoms with Crippen LogP contribution in [0, 0.1) is 0 Å². The van der Waals surface area contributed by atoms with E-state index in [1.807, 2.05) is 13.8 Å². The molecule has 1 fully saturated rings. The third-order valence-electron chi connectivity index (χ3n) is 2.37. The molecule has 14 heavy (non-hydrogen) atoms. The van der Waals surface area contributed by atoms with Crippen molar-refractivity contribution < 1.29 is 14.6 Å². The van der Waals surface area contributed by atoms with Gasteiger partial charge in [0.2, 0.25) is 0 Å². The van der Waals surface area contributed by atoms with Gasteiger partial charge < -0.3 is 15.2 Å². The van der Waals surface area contributed by atoms with Crippen molar-refractivity contribution in [2.24, 2.45) is 0 Å². The number of hydrogen-bond acceptors (Lipinski definition) is 4. The fourth-order valence-electron chi connectivity index (χ4n) is 1.46. The zero-order valence-electron chi connectivity index (χ0n) is 8.88. The van der Waals surface area contributed by atoms with Gasteiger partial charge in [-0.3, -0.25) is 4.79 Å². The minimum absolute atomic E-state index is 0.0731. The van der Waals surface area contributed by atoms with Crippen molar-refractivity contribution in [3.8, 4) is 0 Å². The number of hydrogen-bond donors (Lipinski definition) is 2. The first-order valence-corrected chi connectivity index (χ1v) is 5.14. The van der Waals surface area contributed by atoms with Crippen molar-refractivity contribution in [2.45, 2.75) is 44.8 Å². The summed E-state index contributed by atoms with van der Waals surface area (Å²) in [6.45, 7) is 4.30. The lowest BCUT2D eigenvalue weighted by molar-refractivity contribution is -0.146. The summed E-state index contributed by atoms with van der Waals surface area (Å²) in [5, 5.41) is 12.6. The molecule has 0 saturated heterocycles. The standard InChI is InChI=1S/C10H19NO3/c1-8(2)14-9(12)6-11-7-10(13)4-3-5-10/h8,11,13H,3-7H2,1-2H3. The number of aliphatic hydroxyl groups is 1. The van der Waals surface area contributed by atoms with Gasteiger partial charge in [0.1, 0.15) is 0 Å². The van der Waals surface area contributed by atoms with Crippen molar-refractivity contribution in [1.82, 2.24) is 5.32 Å². The molecule has 4 heteroatoms. The second kappa shape index (κ2) is 4.75. The maximum Gasteiger partial charge on any atom is 0.320 e. The first-order valence-electron chi connectivity index (χ1n) is 5.14. The third-order valence-corrected chi connectivity index (χ3v) is 2.37. The Morgan fingerprint density at radius 3 is 2.64 bits per heavy atom. The van der Waals surface area contributed by atoms with E-state index >= 15 is 0 Å². The van der Waals surface area contributed by atoms with Gasteiger partial charge in [-0.15, -0.1) is 0 Å². The van der Waals surface area contributed by atoms with Crippen LogP contribution in [-0.4, -0.2) is 35.9 Å². The molecule has 0 atom stereocenters. The lowest BCUT2D eigenvalue weighted by Gasteiger charge is -2.36. The predicted octanol–water partition coefficient (Wildman–Crippen LogP) is 0.443. The van der Waals surface area contributed by atoms with E-state index in [2.05, 4.69) is 5.32 Å². The van der Waals surface area contributed by atoms with Crippen LogP contribution >= 0.6 is 0 Å². The Labute approximate surface area is 84.6 Å². The summed E-state index contributed by atoms with van der Waals surface area (Å²) < 4.78 is 4.93. The van der Waals surface area contributed by atoms with Crippen molar-refractivity contribution in [3.63, 3.8) is 0 Å². The van der Waals surface area contributed by atoms with Gasteiger partial charge in [0.15, 0.2) is 0 Å². The minimum Gasteiger partial charge on any atom is -0.462 e. The summed E-state index contributed by atoms with van der Waals surface area (Å²) in [4.78, 5) is 11.1. The monoisotopic (exact) mass is 201 g/mol. The largest absolute Gasteiger partial charge is 0.462 e. The van der Waals surface area contributed by atoms with Crippen LogP contribution in [0.15, 0.2) is 0 Å². The van der Waals surface area contributed by atoms with E-state index in [9.17, 15) is 9.90 Å². The molecule has 0 aliphatic heterocycles. The third kappa shape index (κ3) is 3.64. The average Bonchev–Trinajstić information content (AvgIpc) is 1.99. The van der Waals surface area contributed by atoms with Crippen LogP contribution in [0.5, 0.6) is 0 Å². The highest BCUT2D eigenvalue weighted by Crippen LogP contribution is 2.30. The van der Waals surface area contributed by atoms with E-state index in [-0.39, 0.29) is 18.6 Å². The van der Waals surface area contributed by atoms with Gasteiger partial charge in [0.25, 0.3) is 0 Å². The molecule has 1 aliphatic carbocycles. The molecular formula is C10H19NO3. The van der Waals surface area contributed by atoms with Gasteiger partial charge in [-0.2, -0.15) is 0 Å². The summed E-state index contributed by atoms with van der Waals surface area (Å²) in [5.74, 6) is -0.261. The van der Waals surface area contributed by atoms with Crippen LogP contribution in [0.1, 0.15) is 33.1 Å². The second-order valence-electron chi connectivity index (χ2n) is 4.22. The van der Waals surface area contributed by atoms with Crippen LogP contribution in [0.3, 0.4) is 0 Å². The molecule has 1 aliphatic rings. The van der Waals surface area contributed by atoms with Crippen molar-refractivity contribution in [3.05, 3.63) is 0 Å². The van der Waals surface area contributed by atoms with Gasteiger partial charge in [0, 0.05) is 6.54 Å². The van der Waals surface area contributed by atoms with Crippen molar-refractivity contribution >= 4 is 5.97 Å². The molecule has 1 saturated carbocycles. The first-order chi connectivity index (χ1) is 6.52. The maximum absolute atomic E-state index is 11.1. The Hall–Kier alpha value is -0.610. The average molecular weight is 201 g/mol. The zero-order chi connectivity index (χ0) is 10.6. The van der Waals surface area contributed by atoms with Crippen molar-refractivity contribution in [2.75, 3.05) is 13.1 Å². The highest BCUT2D eigenvalue weighted by molar-refractivity contribution is 5.71. The fourth-order valence-corrected chi connectivity index (χ4v) is 1.46. The molecule has 1 rings (SSSR count). The normalized spacial score (nSPS) is 19.1. The topological polar surface area (TPSA) is 58.6 Å². The van der Waals surface area contributed by atoms with E-state index in [1.54, 1.807) is 0 Å². The second-order valence-corrected chi connectivity index (χ2v) is 4.22. The first kappa shape index (κ1) is 11.5. The molecule has 0 unspecified atom stereocenters. The predicted molar refractivity (Wildman–Crippen MR) is 52.9 cm³/mol. The van der Waals surface area contributed by atoms with Crippen LogP contribution in [0.2, 0.25) is 0 Å². The summed E-state index contributed by atoms with van der Waals surface area (Å²) in [5.41, 5.74) is -0.571. The van der Waals surface area contributed by atoms with Gasteiger partial charge in [0.05, 0.1) is 18.2 Å². The Balaban J connectivity index is 2.06. The number of rotatable bonds is 5. The highest BCUT2D eigenvalue weighted by atomic mass is 16.5. The quantitative estimate of drug-likeness (QED) is 0.634. The van der Waals surface area contributed by atoms with Crippen LogP contribution in [-0.2, 0) is 9.53 Å². The molecule has 82 valence electrons. The van der Waals surface area contributed by atoms with Crippen molar-refractivity contribution in [1.29, 1.82) is 0 Å². The van der Waals surface area contributed by atoms with E-state index in [1.165, 1.54) is 0 Å². The number of carbonyl (C=O) groups is 1. The molecule has 2 N–H and O–H groups in total. The zero-order valence-corrected chi connectivity index (χ0v) is 8.88. The summed E-state index contributed by atoms with van der Waals surface area (Å²) in [7, 11) is 0. The molecular weight excluding hydrogens is 182 g/mol. The smallest absolute Gasteiger partial charge is 0.320 e. The minimum atomic E-state index is -0.571. The van der Waals surface area contributed by atoms with Gasteiger partial charge in [-0.1, -0.05) is 0 Å². The van der Waals surface area contributed by atoms with Crippen LogP contribution in [0.25, 0.3) is 0 Å². The van der Waals surface area contributed by atoms with E-state index < -0.39 is 5.60 Å². The SMILES string of the molecule is CC(C)OC(=O)CNCC1(O)CCC1. The van der Waals surface area contributed by atoms with Crippen LogP contribution < -0.4 is 5.32 Å². The molecule has 0 heterocycles. The van der Waals surface area contributed by atoms with Crippen LogP contribution in [0.4, 0.5) is 0 Å². The molecule has 4 nitrogen and oxygen atoms in total. The molecule has 0 aromatic carbocycles. The van der Waals surface area contributed by atoms with Gasteiger partial charge in [-0.25, -0.2) is 0 Å². The molecule has 0 aromatic rings. The number of esters is 1. The molecule has 0 bridgehead atoms. The van der Waals surface area contributed by atoms with E-state index in [0.29, 0.717) is 6.54 Å².